The summed E-state index contributed by atoms with van der Waals surface area (Å²) in [6.07, 6.45) is 1.51. The molecule has 3 rings (SSSR count). The molecule has 0 aliphatic heterocycles. The number of carboxylic acid groups (broad SMARTS) is 1. The van der Waals surface area contributed by atoms with E-state index in [4.69, 9.17) is 4.74 Å². The molecule has 2 aromatic carbocycles. The zero-order chi connectivity index (χ0) is 24.7. The molecule has 1 aliphatic carbocycles. The number of hydrogen-bond donors (Lipinski definition) is 3. The monoisotopic (exact) mass is 465 g/mol. The van der Waals surface area contributed by atoms with Gasteiger partial charge in [0, 0.05) is 12.5 Å². The van der Waals surface area contributed by atoms with Gasteiger partial charge >= 0.3 is 12.1 Å². The number of carbonyl (C=O) groups excluding carboxylic acids is 2. The van der Waals surface area contributed by atoms with Crippen LogP contribution < -0.4 is 10.6 Å². The van der Waals surface area contributed by atoms with Gasteiger partial charge in [0.1, 0.15) is 18.7 Å². The lowest BCUT2D eigenvalue weighted by atomic mass is 9.98. The van der Waals surface area contributed by atoms with E-state index in [-0.39, 0.29) is 25.5 Å². The Hall–Kier alpha value is -3.65. The number of amides is 2. The highest BCUT2D eigenvalue weighted by Gasteiger charge is 2.30. The molecule has 0 saturated heterocycles. The second-order valence-electron chi connectivity index (χ2n) is 8.55. The molecule has 2 amide bonds. The number of nitrogens with zero attached hydrogens (tertiary/aromatic N) is 1. The predicted molar refractivity (Wildman–Crippen MR) is 130 cm³/mol. The van der Waals surface area contributed by atoms with E-state index in [1.807, 2.05) is 36.4 Å². The van der Waals surface area contributed by atoms with Gasteiger partial charge in [-0.2, -0.15) is 0 Å². The molecule has 3 N–H and O–H groups in total. The summed E-state index contributed by atoms with van der Waals surface area (Å²) in [5.74, 6) is -1.83. The highest BCUT2D eigenvalue weighted by Crippen LogP contribution is 2.44. The molecule has 0 fully saturated rings. The van der Waals surface area contributed by atoms with Crippen LogP contribution in [-0.4, -0.2) is 67.3 Å². The van der Waals surface area contributed by atoms with Crippen LogP contribution in [0.5, 0.6) is 0 Å². The van der Waals surface area contributed by atoms with Gasteiger partial charge in [0.05, 0.1) is 0 Å². The van der Waals surface area contributed by atoms with E-state index in [2.05, 4.69) is 29.3 Å². The molecule has 0 bridgehead atoms. The maximum absolute atomic E-state index is 12.8. The summed E-state index contributed by atoms with van der Waals surface area (Å²) in [6, 6.07) is 14.0. The van der Waals surface area contributed by atoms with E-state index in [1.54, 1.807) is 25.1 Å². The van der Waals surface area contributed by atoms with Crippen LogP contribution in [0.4, 0.5) is 4.79 Å². The van der Waals surface area contributed by atoms with Crippen LogP contribution in [0.2, 0.25) is 0 Å². The Kier molecular flexibility index (Phi) is 8.43. The average Bonchev–Trinajstić information content (AvgIpc) is 3.13. The third-order valence-electron chi connectivity index (χ3n) is 5.77. The molecule has 2 atom stereocenters. The number of nitrogens with one attached hydrogen (secondary N) is 2. The van der Waals surface area contributed by atoms with Crippen LogP contribution >= 0.6 is 0 Å². The van der Waals surface area contributed by atoms with Crippen molar-refractivity contribution in [3.63, 3.8) is 0 Å². The summed E-state index contributed by atoms with van der Waals surface area (Å²) in [5.41, 5.74) is 4.42. The molecular formula is C26H31N3O5. The zero-order valence-corrected chi connectivity index (χ0v) is 19.5. The number of likely N-dealkylation sites (N-methyl/N-ethyl adjacent to an activating group) is 1. The Labute approximate surface area is 199 Å². The van der Waals surface area contributed by atoms with Gasteiger partial charge in [-0.05, 0) is 49.2 Å². The van der Waals surface area contributed by atoms with Crippen molar-refractivity contribution in [2.24, 2.45) is 0 Å². The quantitative estimate of drug-likeness (QED) is 0.441. The number of hydrogen-bond acceptors (Lipinski definition) is 5. The van der Waals surface area contributed by atoms with Gasteiger partial charge in [0.2, 0.25) is 5.91 Å². The second kappa shape index (κ2) is 11.5. The van der Waals surface area contributed by atoms with Gasteiger partial charge < -0.3 is 25.4 Å². The Balaban J connectivity index is 1.66. The molecular weight excluding hydrogens is 434 g/mol. The molecule has 8 heteroatoms. The number of rotatable bonds is 11. The van der Waals surface area contributed by atoms with Crippen LogP contribution in [-0.2, 0) is 14.3 Å². The molecule has 1 aliphatic rings. The summed E-state index contributed by atoms with van der Waals surface area (Å²) in [4.78, 5) is 38.7. The first-order valence-corrected chi connectivity index (χ1v) is 11.2. The number of fused-ring (bicyclic) bond motifs is 3. The zero-order valence-electron chi connectivity index (χ0n) is 19.5. The molecule has 180 valence electrons. The van der Waals surface area contributed by atoms with Crippen LogP contribution in [0, 0.1) is 0 Å². The number of benzene rings is 2. The number of carboxylic acids is 1. The molecule has 0 radical (unpaired) electrons. The Morgan fingerprint density at radius 2 is 1.62 bits per heavy atom. The van der Waals surface area contributed by atoms with Crippen LogP contribution in [0.25, 0.3) is 11.1 Å². The van der Waals surface area contributed by atoms with Crippen molar-refractivity contribution in [3.05, 3.63) is 72.3 Å². The van der Waals surface area contributed by atoms with Gasteiger partial charge in [0.25, 0.3) is 0 Å². The molecule has 0 spiro atoms. The minimum absolute atomic E-state index is 0.102. The van der Waals surface area contributed by atoms with E-state index in [9.17, 15) is 19.5 Å². The van der Waals surface area contributed by atoms with Gasteiger partial charge in [-0.3, -0.25) is 4.79 Å². The molecule has 1 unspecified atom stereocenters. The SMILES string of the molecule is C=CCCC(NC(=O)[C@H](CN(C)C)NC(=O)OCC1c2ccccc2-c2ccccc21)C(=O)O. The fourth-order valence-corrected chi connectivity index (χ4v) is 4.16. The van der Waals surface area contributed by atoms with Crippen molar-refractivity contribution in [3.8, 4) is 11.1 Å². The molecule has 2 aromatic rings. The Morgan fingerprint density at radius 3 is 2.15 bits per heavy atom. The normalized spacial score (nSPS) is 14.0. The third-order valence-corrected chi connectivity index (χ3v) is 5.77. The predicted octanol–water partition coefficient (Wildman–Crippen LogP) is 2.99. The van der Waals surface area contributed by atoms with Crippen molar-refractivity contribution < 1.29 is 24.2 Å². The molecule has 0 saturated carbocycles. The number of carbonyl (C=O) groups is 3. The van der Waals surface area contributed by atoms with Crippen LogP contribution in [0.1, 0.15) is 29.9 Å². The van der Waals surface area contributed by atoms with E-state index in [0.29, 0.717) is 6.42 Å². The number of allylic oxidation sites excluding steroid dienone is 1. The standard InChI is InChI=1S/C26H31N3O5/c1-4-5-14-22(25(31)32)27-24(30)23(15-29(2)3)28-26(33)34-16-21-19-12-8-6-10-17(19)18-11-7-9-13-20(18)21/h4,6-13,21-23H,1,5,14-16H2,2-3H3,(H,27,30)(H,28,33)(H,31,32)/t22?,23-/m0/s1. The highest BCUT2D eigenvalue weighted by atomic mass is 16.5. The maximum atomic E-state index is 12.8. The first-order chi connectivity index (χ1) is 16.3. The highest BCUT2D eigenvalue weighted by molar-refractivity contribution is 5.89. The van der Waals surface area contributed by atoms with E-state index < -0.39 is 30.1 Å². The smallest absolute Gasteiger partial charge is 0.407 e. The van der Waals surface area contributed by atoms with Crippen LogP contribution in [0.3, 0.4) is 0 Å². The van der Waals surface area contributed by atoms with Crippen molar-refractivity contribution in [1.82, 2.24) is 15.5 Å². The van der Waals surface area contributed by atoms with Crippen molar-refractivity contribution in [2.75, 3.05) is 27.2 Å². The summed E-state index contributed by atoms with van der Waals surface area (Å²) < 4.78 is 5.54. The van der Waals surface area contributed by atoms with Gasteiger partial charge in [-0.1, -0.05) is 54.6 Å². The van der Waals surface area contributed by atoms with E-state index >= 15 is 0 Å². The summed E-state index contributed by atoms with van der Waals surface area (Å²) in [7, 11) is 3.51. The van der Waals surface area contributed by atoms with Crippen molar-refractivity contribution >= 4 is 18.0 Å². The lowest BCUT2D eigenvalue weighted by molar-refractivity contribution is -0.142. The number of ether oxygens (including phenoxy) is 1. The number of aliphatic carboxylic acids is 1. The fourth-order valence-electron chi connectivity index (χ4n) is 4.16. The van der Waals surface area contributed by atoms with Crippen molar-refractivity contribution in [2.45, 2.75) is 30.8 Å². The summed E-state index contributed by atoms with van der Waals surface area (Å²) >= 11 is 0. The fraction of sp³-hybridized carbons (Fsp3) is 0.346. The van der Waals surface area contributed by atoms with Gasteiger partial charge in [-0.25, -0.2) is 9.59 Å². The third kappa shape index (κ3) is 6.02. The summed E-state index contributed by atoms with van der Waals surface area (Å²) in [6.45, 7) is 3.88. The van der Waals surface area contributed by atoms with Gasteiger partial charge in [0.15, 0.2) is 0 Å². The molecule has 8 nitrogen and oxygen atoms in total. The lowest BCUT2D eigenvalue weighted by Crippen LogP contribution is -2.55. The van der Waals surface area contributed by atoms with Gasteiger partial charge in [-0.15, -0.1) is 6.58 Å². The number of alkyl carbamates (subject to hydrolysis) is 1. The lowest BCUT2D eigenvalue weighted by Gasteiger charge is -2.24. The molecule has 0 aromatic heterocycles. The second-order valence-corrected chi connectivity index (χ2v) is 8.55. The largest absolute Gasteiger partial charge is 0.480 e. The topological polar surface area (TPSA) is 108 Å². The minimum atomic E-state index is -1.14. The first kappa shape index (κ1) is 25.0. The minimum Gasteiger partial charge on any atom is -0.480 e. The first-order valence-electron chi connectivity index (χ1n) is 11.2. The summed E-state index contributed by atoms with van der Waals surface area (Å²) in [5, 5.41) is 14.5. The molecule has 34 heavy (non-hydrogen) atoms. The van der Waals surface area contributed by atoms with E-state index in [1.165, 1.54) is 0 Å². The average molecular weight is 466 g/mol. The molecule has 0 heterocycles. The van der Waals surface area contributed by atoms with Crippen LogP contribution in [0.15, 0.2) is 61.2 Å². The Bertz CT molecular complexity index is 1010. The maximum Gasteiger partial charge on any atom is 0.407 e. The Morgan fingerprint density at radius 1 is 1.03 bits per heavy atom. The van der Waals surface area contributed by atoms with Crippen molar-refractivity contribution in [1.29, 1.82) is 0 Å². The van der Waals surface area contributed by atoms with E-state index in [0.717, 1.165) is 22.3 Å².